The quantitative estimate of drug-likeness (QED) is 0.153. The second-order valence-electron chi connectivity index (χ2n) is 3.48. The minimum absolute atomic E-state index is 0. The maximum atomic E-state index is 11.1. The summed E-state index contributed by atoms with van der Waals surface area (Å²) >= 11 is 0. The summed E-state index contributed by atoms with van der Waals surface area (Å²) < 4.78 is 27.7. The van der Waals surface area contributed by atoms with Crippen molar-refractivity contribution in [2.45, 2.75) is 18.3 Å². The number of carbonyl (C=O) groups excluding carboxylic acids is 1. The largest absolute Gasteiger partial charge is 1.00 e. The van der Waals surface area contributed by atoms with Crippen LogP contribution in [0, 0.1) is 0 Å². The fourth-order valence-electron chi connectivity index (χ4n) is 0.901. The molecule has 0 bridgehead atoms. The number of aliphatic hydroxyl groups excluding tert-OH is 3. The summed E-state index contributed by atoms with van der Waals surface area (Å²) in [6.45, 7) is -2.48. The maximum absolute atomic E-state index is 11.1. The van der Waals surface area contributed by atoms with Crippen LogP contribution in [0.25, 0.3) is 0 Å². The van der Waals surface area contributed by atoms with Crippen molar-refractivity contribution < 1.29 is 144 Å². The molecule has 0 radical (unpaired) electrons. The van der Waals surface area contributed by atoms with Crippen molar-refractivity contribution in [2.75, 3.05) is 13.2 Å². The molecule has 0 heterocycles. The molecule has 17 nitrogen and oxygen atoms in total. The van der Waals surface area contributed by atoms with E-state index in [0.717, 1.165) is 0 Å². The summed E-state index contributed by atoms with van der Waals surface area (Å²) in [6, 6.07) is 0. The first-order valence-corrected chi connectivity index (χ1v) is 7.76. The Hall–Kier alpha value is 1.57. The van der Waals surface area contributed by atoms with E-state index in [0.29, 0.717) is 0 Å². The molecule has 0 saturated carbocycles. The van der Waals surface area contributed by atoms with Gasteiger partial charge in [0.1, 0.15) is 24.9 Å². The molecule has 0 aromatic rings. The minimum Gasteiger partial charge on any atom is -0.790 e. The van der Waals surface area contributed by atoms with Crippen molar-refractivity contribution in [3.8, 4) is 0 Å². The number of phosphoric ester groups is 2. The van der Waals surface area contributed by atoms with E-state index in [9.17, 15) is 39.0 Å². The molecule has 3 atom stereocenters. The van der Waals surface area contributed by atoms with Gasteiger partial charge < -0.3 is 71.4 Å². The van der Waals surface area contributed by atoms with E-state index in [1.54, 1.807) is 0 Å². The number of rotatable bonds is 9. The first-order chi connectivity index (χ1) is 8.83. The number of hydrogen-bond acceptors (Lipinski definition) is 10. The van der Waals surface area contributed by atoms with E-state index in [1.165, 1.54) is 0 Å². The van der Waals surface area contributed by atoms with E-state index in [1.807, 2.05) is 0 Å². The van der Waals surface area contributed by atoms with Gasteiger partial charge in [0.05, 0.1) is 14.4 Å². The minimum atomic E-state index is -5.45. The number of ketones is 1. The van der Waals surface area contributed by atoms with Gasteiger partial charge >= 0.3 is 66.9 Å². The molecule has 27 heavy (non-hydrogen) atoms. The van der Waals surface area contributed by atoms with E-state index in [4.69, 9.17) is 9.79 Å². The van der Waals surface area contributed by atoms with Crippen LogP contribution in [0.15, 0.2) is 0 Å². The van der Waals surface area contributed by atoms with E-state index < -0.39 is 53.0 Å². The molecule has 0 fully saturated rings. The third-order valence-corrected chi connectivity index (χ3v) is 2.76. The van der Waals surface area contributed by atoms with Crippen molar-refractivity contribution in [3.63, 3.8) is 0 Å². The van der Waals surface area contributed by atoms with Crippen LogP contribution >= 0.6 is 15.6 Å². The standard InChI is InChI=1S/C6H14O12P2.2Na.5H2O/c7-3(1-17-19(11,12)13)5(9)6(10)4(8)2-18-20(14,15)16;;;;;;;/h3,5-7,9-10H,1-2H2,(H2,11,12,13)(H2,14,15,16);;;5*1H2/q;2*+1;;;;;/p-2/t3-,5-,6-;;;;;;;/m1......./s1. The zero-order chi connectivity index (χ0) is 16.1. The van der Waals surface area contributed by atoms with Gasteiger partial charge in [0.15, 0.2) is 5.78 Å². The Morgan fingerprint density at radius 2 is 1.26 bits per heavy atom. The Balaban J connectivity index is -0.0000000860. The fourth-order valence-corrected chi connectivity index (χ4v) is 1.53. The molecule has 0 aliphatic carbocycles. The molecule has 0 rings (SSSR count). The van der Waals surface area contributed by atoms with Crippen LogP contribution in [-0.4, -0.2) is 89.8 Å². The number of carbonyl (C=O) groups is 1. The van der Waals surface area contributed by atoms with Gasteiger partial charge in [0.2, 0.25) is 0 Å². The third kappa shape index (κ3) is 27.6. The smallest absolute Gasteiger partial charge is 0.790 e. The summed E-state index contributed by atoms with van der Waals surface area (Å²) in [5, 5.41) is 27.6. The average molecular weight is 474 g/mol. The van der Waals surface area contributed by atoms with Crippen LogP contribution in [0.5, 0.6) is 0 Å². The van der Waals surface area contributed by atoms with Crippen LogP contribution < -0.4 is 68.9 Å². The predicted octanol–water partition coefficient (Wildman–Crippen LogP) is -14.5. The number of hydrogen-bond donors (Lipinski definition) is 5. The molecule has 15 N–H and O–H groups in total. The topological polar surface area (TPSA) is 374 Å². The molecule has 0 spiro atoms. The van der Waals surface area contributed by atoms with Crippen molar-refractivity contribution in [3.05, 3.63) is 0 Å². The zero-order valence-corrected chi connectivity index (χ0v) is 19.9. The fraction of sp³-hybridized carbons (Fsp3) is 0.833. The predicted molar refractivity (Wildman–Crippen MR) is 72.7 cm³/mol. The third-order valence-electron chi connectivity index (χ3n) is 1.83. The average Bonchev–Trinajstić information content (AvgIpc) is 2.29. The summed E-state index contributed by atoms with van der Waals surface area (Å²) in [5.41, 5.74) is 0. The molecule has 0 aliphatic rings. The Bertz CT molecular complexity index is 424. The van der Waals surface area contributed by atoms with Gasteiger partial charge in [-0.2, -0.15) is 0 Å². The monoisotopic (exact) mass is 474 g/mol. The Labute approximate surface area is 196 Å². The Morgan fingerprint density at radius 1 is 0.889 bits per heavy atom. The molecule has 0 aromatic carbocycles. The van der Waals surface area contributed by atoms with Crippen molar-refractivity contribution in [1.82, 2.24) is 0 Å². The number of Topliss-reactive ketones (excluding diaryl/α,β-unsaturated/α-hetero) is 1. The second kappa shape index (κ2) is 22.3. The van der Waals surface area contributed by atoms with Crippen LogP contribution in [0.2, 0.25) is 0 Å². The summed E-state index contributed by atoms with van der Waals surface area (Å²) in [4.78, 5) is 47.9. The van der Waals surface area contributed by atoms with Gasteiger partial charge in [-0.1, -0.05) is 0 Å². The van der Waals surface area contributed by atoms with Crippen LogP contribution in [0.1, 0.15) is 0 Å². The Morgan fingerprint density at radius 3 is 1.56 bits per heavy atom. The van der Waals surface area contributed by atoms with Crippen LogP contribution in [0.4, 0.5) is 0 Å². The van der Waals surface area contributed by atoms with Gasteiger partial charge in [-0.15, -0.1) is 0 Å². The van der Waals surface area contributed by atoms with Crippen LogP contribution in [0.3, 0.4) is 0 Å². The summed E-state index contributed by atoms with van der Waals surface area (Å²) in [7, 11) is -10.4. The first kappa shape index (κ1) is 51.3. The molecule has 0 saturated heterocycles. The molecule has 0 unspecified atom stereocenters. The molecular formula is C6H22Na2O17P2. The summed E-state index contributed by atoms with van der Waals surface area (Å²) in [6.07, 6.45) is -6.65. The molecule has 0 amide bonds. The van der Waals surface area contributed by atoms with Crippen molar-refractivity contribution in [1.29, 1.82) is 0 Å². The normalized spacial score (nSPS) is 13.0. The van der Waals surface area contributed by atoms with E-state index in [2.05, 4.69) is 9.05 Å². The van der Waals surface area contributed by atoms with Crippen LogP contribution in [-0.2, 0) is 23.0 Å². The molecule has 160 valence electrons. The van der Waals surface area contributed by atoms with Gasteiger partial charge in [-0.3, -0.25) is 9.32 Å². The van der Waals surface area contributed by atoms with Gasteiger partial charge in [0, 0.05) is 0 Å². The zero-order valence-electron chi connectivity index (χ0n) is 14.1. The second-order valence-corrected chi connectivity index (χ2v) is 5.87. The number of phosphoric acid groups is 2. The molecular weight excluding hydrogens is 452 g/mol. The van der Waals surface area contributed by atoms with Gasteiger partial charge in [0.25, 0.3) is 0 Å². The summed E-state index contributed by atoms with van der Waals surface area (Å²) in [5.74, 6) is -1.44. The van der Waals surface area contributed by atoms with Gasteiger partial charge in [-0.05, 0) is 0 Å². The number of aliphatic hydroxyl groups is 3. The molecule has 0 aliphatic heterocycles. The first-order valence-electron chi connectivity index (χ1n) is 4.77. The van der Waals surface area contributed by atoms with E-state index >= 15 is 0 Å². The van der Waals surface area contributed by atoms with Crippen molar-refractivity contribution in [2.24, 2.45) is 0 Å². The van der Waals surface area contributed by atoms with E-state index in [-0.39, 0.29) is 86.5 Å². The molecule has 0 aromatic heterocycles. The van der Waals surface area contributed by atoms with Crippen molar-refractivity contribution >= 4 is 21.4 Å². The Kier molecular flexibility index (Phi) is 42.3. The van der Waals surface area contributed by atoms with Gasteiger partial charge in [-0.25, -0.2) is 4.57 Å². The maximum Gasteiger partial charge on any atom is 1.00 e. The SMILES string of the molecule is O.O.O.O.O.O=C(COP(=O)([O-])[O-])[C@@H](O)[C@H](O)[C@H](O)COP(=O)(O)O.[Na+].[Na+]. The molecule has 21 heteroatoms.